The summed E-state index contributed by atoms with van der Waals surface area (Å²) < 4.78 is 5.17. The van der Waals surface area contributed by atoms with Crippen LogP contribution in [0.15, 0.2) is 48.5 Å². The molecule has 25 heavy (non-hydrogen) atoms. The van der Waals surface area contributed by atoms with Gasteiger partial charge in [-0.3, -0.25) is 4.90 Å². The second-order valence-corrected chi connectivity index (χ2v) is 6.87. The Morgan fingerprint density at radius 3 is 2.28 bits per heavy atom. The number of ether oxygens (including phenoxy) is 1. The average molecular weight is 376 g/mol. The quantitative estimate of drug-likeness (QED) is 0.819. The summed E-state index contributed by atoms with van der Waals surface area (Å²) in [5.74, 6) is 0.840. The third kappa shape index (κ3) is 5.08. The maximum atomic E-state index is 5.94. The third-order valence-electron chi connectivity index (χ3n) is 4.32. The lowest BCUT2D eigenvalue weighted by Crippen LogP contribution is -2.49. The van der Waals surface area contributed by atoms with Gasteiger partial charge >= 0.3 is 0 Å². The summed E-state index contributed by atoms with van der Waals surface area (Å²) in [6, 6.07) is 15.9. The first-order chi connectivity index (χ1) is 12.1. The number of hydrogen-bond donors (Lipinski definition) is 1. The first-order valence-corrected chi connectivity index (χ1v) is 9.09. The largest absolute Gasteiger partial charge is 0.497 e. The number of rotatable bonds is 4. The highest BCUT2D eigenvalue weighted by molar-refractivity contribution is 7.80. The fraction of sp³-hybridized carbons (Fsp3) is 0.316. The van der Waals surface area contributed by atoms with Gasteiger partial charge in [0.1, 0.15) is 5.75 Å². The molecule has 4 nitrogen and oxygen atoms in total. The lowest BCUT2D eigenvalue weighted by Gasteiger charge is -2.36. The van der Waals surface area contributed by atoms with Crippen molar-refractivity contribution < 1.29 is 4.74 Å². The van der Waals surface area contributed by atoms with E-state index in [2.05, 4.69) is 27.2 Å². The molecule has 1 aliphatic heterocycles. The number of hydrogen-bond acceptors (Lipinski definition) is 3. The minimum atomic E-state index is 0.774. The van der Waals surface area contributed by atoms with E-state index in [0.717, 1.165) is 54.3 Å². The van der Waals surface area contributed by atoms with Gasteiger partial charge in [0.25, 0.3) is 0 Å². The van der Waals surface area contributed by atoms with E-state index in [0.29, 0.717) is 0 Å². The fourth-order valence-electron chi connectivity index (χ4n) is 2.83. The Balaban J connectivity index is 1.47. The van der Waals surface area contributed by atoms with Gasteiger partial charge in [0, 0.05) is 43.4 Å². The first-order valence-electron chi connectivity index (χ1n) is 8.31. The molecule has 0 aromatic heterocycles. The Kier molecular flexibility index (Phi) is 6.13. The normalized spacial score (nSPS) is 15.0. The lowest BCUT2D eigenvalue weighted by atomic mass is 10.2. The van der Waals surface area contributed by atoms with E-state index in [1.165, 1.54) is 5.56 Å². The standard InChI is InChI=1S/C19H22ClN3OS/c1-24-18-8-6-17(7-9-18)21-19(25)23-12-10-22(11-13-23)14-15-2-4-16(20)5-3-15/h2-9H,10-14H2,1H3,(H,21,25). The summed E-state index contributed by atoms with van der Waals surface area (Å²) in [5, 5.41) is 4.86. The van der Waals surface area contributed by atoms with E-state index in [1.54, 1.807) is 7.11 Å². The molecule has 2 aromatic carbocycles. The van der Waals surface area contributed by atoms with Gasteiger partial charge in [0.15, 0.2) is 5.11 Å². The average Bonchev–Trinajstić information content (AvgIpc) is 2.65. The zero-order chi connectivity index (χ0) is 17.6. The SMILES string of the molecule is COc1ccc(NC(=S)N2CCN(Cc3ccc(Cl)cc3)CC2)cc1. The van der Waals surface area contributed by atoms with Crippen molar-refractivity contribution in [3.8, 4) is 5.75 Å². The molecular formula is C19H22ClN3OS. The third-order valence-corrected chi connectivity index (χ3v) is 4.93. The van der Waals surface area contributed by atoms with Crippen LogP contribution in [-0.2, 0) is 6.54 Å². The molecule has 0 amide bonds. The minimum absolute atomic E-state index is 0.774. The van der Waals surface area contributed by atoms with Crippen molar-refractivity contribution in [2.24, 2.45) is 0 Å². The van der Waals surface area contributed by atoms with Crippen LogP contribution in [-0.4, -0.2) is 48.2 Å². The van der Waals surface area contributed by atoms with Gasteiger partial charge in [0.2, 0.25) is 0 Å². The molecule has 0 unspecified atom stereocenters. The van der Waals surface area contributed by atoms with Gasteiger partial charge in [0.05, 0.1) is 7.11 Å². The zero-order valence-corrected chi connectivity index (χ0v) is 15.8. The number of halogens is 1. The Morgan fingerprint density at radius 2 is 1.68 bits per heavy atom. The van der Waals surface area contributed by atoms with Crippen molar-refractivity contribution in [1.29, 1.82) is 0 Å². The van der Waals surface area contributed by atoms with E-state index < -0.39 is 0 Å². The van der Waals surface area contributed by atoms with Crippen molar-refractivity contribution in [2.75, 3.05) is 38.6 Å². The monoisotopic (exact) mass is 375 g/mol. The Morgan fingerprint density at radius 1 is 1.04 bits per heavy atom. The summed E-state index contributed by atoms with van der Waals surface area (Å²) in [6.45, 7) is 4.79. The van der Waals surface area contributed by atoms with Crippen molar-refractivity contribution in [2.45, 2.75) is 6.54 Å². The molecule has 0 spiro atoms. The number of benzene rings is 2. The van der Waals surface area contributed by atoms with E-state index in [4.69, 9.17) is 28.6 Å². The second-order valence-electron chi connectivity index (χ2n) is 6.05. The van der Waals surface area contributed by atoms with Crippen LogP contribution in [0, 0.1) is 0 Å². The lowest BCUT2D eigenvalue weighted by molar-refractivity contribution is 0.177. The van der Waals surface area contributed by atoms with Crippen molar-refractivity contribution in [3.63, 3.8) is 0 Å². The Hall–Kier alpha value is -1.82. The molecule has 3 rings (SSSR count). The molecule has 132 valence electrons. The molecule has 6 heteroatoms. The molecule has 1 aliphatic rings. The molecule has 0 saturated carbocycles. The molecule has 0 radical (unpaired) electrons. The van der Waals surface area contributed by atoms with Crippen LogP contribution >= 0.6 is 23.8 Å². The van der Waals surface area contributed by atoms with E-state index >= 15 is 0 Å². The van der Waals surface area contributed by atoms with Gasteiger partial charge in [-0.25, -0.2) is 0 Å². The summed E-state index contributed by atoms with van der Waals surface area (Å²) in [4.78, 5) is 4.66. The summed E-state index contributed by atoms with van der Waals surface area (Å²) in [5.41, 5.74) is 2.27. The van der Waals surface area contributed by atoms with Gasteiger partial charge in [-0.15, -0.1) is 0 Å². The summed E-state index contributed by atoms with van der Waals surface area (Å²) >= 11 is 11.5. The van der Waals surface area contributed by atoms with Crippen LogP contribution in [0.2, 0.25) is 5.02 Å². The molecule has 1 N–H and O–H groups in total. The van der Waals surface area contributed by atoms with Gasteiger partial charge in [-0.1, -0.05) is 23.7 Å². The Labute approximate surface area is 159 Å². The van der Waals surface area contributed by atoms with Crippen LogP contribution < -0.4 is 10.1 Å². The van der Waals surface area contributed by atoms with Crippen LogP contribution in [0.25, 0.3) is 0 Å². The maximum Gasteiger partial charge on any atom is 0.173 e. The van der Waals surface area contributed by atoms with Gasteiger partial charge in [-0.05, 0) is 54.2 Å². The van der Waals surface area contributed by atoms with Crippen molar-refractivity contribution in [1.82, 2.24) is 9.80 Å². The fourth-order valence-corrected chi connectivity index (χ4v) is 3.26. The Bertz CT molecular complexity index is 698. The molecule has 2 aromatic rings. The van der Waals surface area contributed by atoms with Crippen molar-refractivity contribution in [3.05, 3.63) is 59.1 Å². The molecule has 1 fully saturated rings. The number of methoxy groups -OCH3 is 1. The van der Waals surface area contributed by atoms with Crippen molar-refractivity contribution >= 4 is 34.6 Å². The van der Waals surface area contributed by atoms with Gasteiger partial charge < -0.3 is 15.0 Å². The summed E-state index contributed by atoms with van der Waals surface area (Å²) in [7, 11) is 1.66. The topological polar surface area (TPSA) is 27.7 Å². The summed E-state index contributed by atoms with van der Waals surface area (Å²) in [6.07, 6.45) is 0. The van der Waals surface area contributed by atoms with Crippen LogP contribution in [0.3, 0.4) is 0 Å². The van der Waals surface area contributed by atoms with E-state index in [9.17, 15) is 0 Å². The number of thiocarbonyl (C=S) groups is 1. The highest BCUT2D eigenvalue weighted by Crippen LogP contribution is 2.17. The molecule has 0 atom stereocenters. The molecule has 0 aliphatic carbocycles. The van der Waals surface area contributed by atoms with Gasteiger partial charge in [-0.2, -0.15) is 0 Å². The maximum absolute atomic E-state index is 5.94. The van der Waals surface area contributed by atoms with Crippen LogP contribution in [0.4, 0.5) is 5.69 Å². The first kappa shape index (κ1) is 18.0. The predicted octanol–water partition coefficient (Wildman–Crippen LogP) is 3.86. The van der Waals surface area contributed by atoms with E-state index in [-0.39, 0.29) is 0 Å². The highest BCUT2D eigenvalue weighted by atomic mass is 35.5. The smallest absolute Gasteiger partial charge is 0.173 e. The predicted molar refractivity (Wildman–Crippen MR) is 108 cm³/mol. The highest BCUT2D eigenvalue weighted by Gasteiger charge is 2.19. The number of nitrogens with zero attached hydrogens (tertiary/aromatic N) is 2. The number of nitrogens with one attached hydrogen (secondary N) is 1. The zero-order valence-electron chi connectivity index (χ0n) is 14.2. The second kappa shape index (κ2) is 8.52. The molecule has 1 heterocycles. The molecular weight excluding hydrogens is 354 g/mol. The molecule has 1 saturated heterocycles. The number of anilines is 1. The number of piperazine rings is 1. The minimum Gasteiger partial charge on any atom is -0.497 e. The van der Waals surface area contributed by atoms with Crippen LogP contribution in [0.1, 0.15) is 5.56 Å². The molecule has 0 bridgehead atoms. The van der Waals surface area contributed by atoms with Crippen LogP contribution in [0.5, 0.6) is 5.75 Å². The van der Waals surface area contributed by atoms with E-state index in [1.807, 2.05) is 36.4 Å².